The molecule has 130 valence electrons. The molecule has 4 nitrogen and oxygen atoms in total. The zero-order valence-electron chi connectivity index (χ0n) is 14.0. The average molecular weight is 365 g/mol. The first-order valence-electron chi connectivity index (χ1n) is 8.46. The second-order valence-corrected chi connectivity index (χ2v) is 6.87. The molecular weight excluding hydrogens is 348 g/mol. The van der Waals surface area contributed by atoms with Crippen LogP contribution in [0.4, 0.5) is 11.4 Å². The molecule has 26 heavy (non-hydrogen) atoms. The third kappa shape index (κ3) is 3.28. The van der Waals surface area contributed by atoms with E-state index in [-0.39, 0.29) is 24.2 Å². The Morgan fingerprint density at radius 3 is 2.50 bits per heavy atom. The summed E-state index contributed by atoms with van der Waals surface area (Å²) in [5.41, 5.74) is 1.51. The molecule has 1 aliphatic rings. The Bertz CT molecular complexity index is 985. The Hall–Kier alpha value is -2.85. The number of carbonyl (C=O) groups excluding carboxylic acids is 2. The van der Waals surface area contributed by atoms with Gasteiger partial charge in [0.2, 0.25) is 11.8 Å². The van der Waals surface area contributed by atoms with E-state index in [4.69, 9.17) is 11.6 Å². The van der Waals surface area contributed by atoms with Crippen LogP contribution in [0.15, 0.2) is 66.7 Å². The van der Waals surface area contributed by atoms with Crippen LogP contribution in [-0.4, -0.2) is 18.4 Å². The van der Waals surface area contributed by atoms with Crippen molar-refractivity contribution in [2.75, 3.05) is 16.8 Å². The molecule has 1 N–H and O–H groups in total. The first kappa shape index (κ1) is 16.6. The fourth-order valence-electron chi connectivity index (χ4n) is 3.27. The molecule has 1 saturated heterocycles. The fourth-order valence-corrected chi connectivity index (χ4v) is 3.39. The van der Waals surface area contributed by atoms with E-state index in [2.05, 4.69) is 5.32 Å². The maximum absolute atomic E-state index is 12.6. The average Bonchev–Trinajstić information content (AvgIpc) is 3.04. The van der Waals surface area contributed by atoms with Crippen molar-refractivity contribution >= 4 is 45.6 Å². The molecule has 2 amide bonds. The van der Waals surface area contributed by atoms with Crippen LogP contribution in [-0.2, 0) is 9.59 Å². The van der Waals surface area contributed by atoms with Crippen LogP contribution in [0.2, 0.25) is 5.02 Å². The van der Waals surface area contributed by atoms with E-state index in [1.165, 1.54) is 0 Å². The minimum atomic E-state index is -0.371. The standard InChI is InChI=1S/C21H17ClN2O2/c22-17-6-9-19(10-7-17)24-13-16(12-20(24)25)21(26)23-18-8-5-14-3-1-2-4-15(14)11-18/h1-11,16H,12-13H2,(H,23,26)/t16-/m0/s1. The van der Waals surface area contributed by atoms with Crippen LogP contribution in [0.1, 0.15) is 6.42 Å². The van der Waals surface area contributed by atoms with Gasteiger partial charge in [0.05, 0.1) is 5.92 Å². The number of nitrogens with one attached hydrogen (secondary N) is 1. The van der Waals surface area contributed by atoms with Crippen LogP contribution in [0.25, 0.3) is 10.8 Å². The van der Waals surface area contributed by atoms with Crippen molar-refractivity contribution in [2.24, 2.45) is 5.92 Å². The molecule has 0 bridgehead atoms. The lowest BCUT2D eigenvalue weighted by Gasteiger charge is -2.17. The first-order valence-corrected chi connectivity index (χ1v) is 8.83. The number of hydrogen-bond donors (Lipinski definition) is 1. The van der Waals surface area contributed by atoms with Gasteiger partial charge in [-0.1, -0.05) is 41.9 Å². The van der Waals surface area contributed by atoms with Gasteiger partial charge in [0.1, 0.15) is 0 Å². The summed E-state index contributed by atoms with van der Waals surface area (Å²) in [5, 5.41) is 5.74. The Labute approximate surface area is 156 Å². The molecule has 1 aliphatic heterocycles. The van der Waals surface area contributed by atoms with E-state index in [1.807, 2.05) is 42.5 Å². The third-order valence-corrected chi connectivity index (χ3v) is 4.90. The highest BCUT2D eigenvalue weighted by Gasteiger charge is 2.35. The van der Waals surface area contributed by atoms with Crippen molar-refractivity contribution in [2.45, 2.75) is 6.42 Å². The van der Waals surface area contributed by atoms with Gasteiger partial charge < -0.3 is 10.2 Å². The van der Waals surface area contributed by atoms with E-state index in [0.717, 1.165) is 22.1 Å². The number of nitrogens with zero attached hydrogens (tertiary/aromatic N) is 1. The van der Waals surface area contributed by atoms with Gasteiger partial charge in [-0.2, -0.15) is 0 Å². The van der Waals surface area contributed by atoms with Crippen LogP contribution >= 0.6 is 11.6 Å². The highest BCUT2D eigenvalue weighted by Crippen LogP contribution is 2.27. The number of halogens is 1. The number of benzene rings is 3. The van der Waals surface area contributed by atoms with E-state index in [1.54, 1.807) is 29.2 Å². The molecule has 4 rings (SSSR count). The lowest BCUT2D eigenvalue weighted by Crippen LogP contribution is -2.28. The molecule has 3 aromatic carbocycles. The summed E-state index contributed by atoms with van der Waals surface area (Å²) in [6, 6.07) is 20.9. The molecule has 0 aliphatic carbocycles. The van der Waals surface area contributed by atoms with Gasteiger partial charge in [0.25, 0.3) is 0 Å². The number of anilines is 2. The first-order chi connectivity index (χ1) is 12.6. The minimum Gasteiger partial charge on any atom is -0.326 e. The van der Waals surface area contributed by atoms with E-state index in [9.17, 15) is 9.59 Å². The summed E-state index contributed by atoms with van der Waals surface area (Å²) in [4.78, 5) is 26.6. The van der Waals surface area contributed by atoms with Crippen molar-refractivity contribution in [3.8, 4) is 0 Å². The van der Waals surface area contributed by atoms with Gasteiger partial charge in [0.15, 0.2) is 0 Å². The van der Waals surface area contributed by atoms with Gasteiger partial charge in [0, 0.05) is 29.4 Å². The number of hydrogen-bond acceptors (Lipinski definition) is 2. The lowest BCUT2D eigenvalue weighted by atomic mass is 10.1. The van der Waals surface area contributed by atoms with Crippen LogP contribution in [0, 0.1) is 5.92 Å². The quantitative estimate of drug-likeness (QED) is 0.744. The minimum absolute atomic E-state index is 0.0500. The molecule has 0 saturated carbocycles. The Balaban J connectivity index is 1.48. The topological polar surface area (TPSA) is 49.4 Å². The Morgan fingerprint density at radius 1 is 1.00 bits per heavy atom. The van der Waals surface area contributed by atoms with Crippen LogP contribution < -0.4 is 10.2 Å². The summed E-state index contributed by atoms with van der Waals surface area (Å²) < 4.78 is 0. The molecular formula is C21H17ClN2O2. The lowest BCUT2D eigenvalue weighted by molar-refractivity contribution is -0.122. The van der Waals surface area contributed by atoms with Crippen molar-refractivity contribution in [3.63, 3.8) is 0 Å². The summed E-state index contributed by atoms with van der Waals surface area (Å²) in [6.45, 7) is 0.375. The second kappa shape index (κ2) is 6.81. The van der Waals surface area contributed by atoms with Crippen LogP contribution in [0.5, 0.6) is 0 Å². The highest BCUT2D eigenvalue weighted by atomic mass is 35.5. The number of carbonyl (C=O) groups is 2. The molecule has 5 heteroatoms. The molecule has 0 aromatic heterocycles. The summed E-state index contributed by atoms with van der Waals surface area (Å²) in [7, 11) is 0. The van der Waals surface area contributed by atoms with Gasteiger partial charge in [-0.25, -0.2) is 0 Å². The fraction of sp³-hybridized carbons (Fsp3) is 0.143. The molecule has 0 radical (unpaired) electrons. The van der Waals surface area contributed by atoms with Gasteiger partial charge in [-0.3, -0.25) is 9.59 Å². The Kier molecular flexibility index (Phi) is 4.35. The normalized spacial score (nSPS) is 16.9. The number of amides is 2. The summed E-state index contributed by atoms with van der Waals surface area (Å²) in [5.74, 6) is -0.555. The monoisotopic (exact) mass is 364 g/mol. The maximum Gasteiger partial charge on any atom is 0.229 e. The predicted octanol–water partition coefficient (Wildman–Crippen LogP) is 4.48. The van der Waals surface area contributed by atoms with Crippen molar-refractivity contribution < 1.29 is 9.59 Å². The summed E-state index contributed by atoms with van der Waals surface area (Å²) in [6.07, 6.45) is 0.210. The van der Waals surface area contributed by atoms with Gasteiger partial charge in [-0.15, -0.1) is 0 Å². The molecule has 3 aromatic rings. The molecule has 1 fully saturated rings. The number of rotatable bonds is 3. The highest BCUT2D eigenvalue weighted by molar-refractivity contribution is 6.30. The number of fused-ring (bicyclic) bond motifs is 1. The SMILES string of the molecule is O=C(Nc1ccc2ccccc2c1)[C@H]1CC(=O)N(c2ccc(Cl)cc2)C1. The second-order valence-electron chi connectivity index (χ2n) is 6.43. The zero-order valence-corrected chi connectivity index (χ0v) is 14.7. The van der Waals surface area contributed by atoms with Gasteiger partial charge >= 0.3 is 0 Å². The van der Waals surface area contributed by atoms with E-state index < -0.39 is 0 Å². The smallest absolute Gasteiger partial charge is 0.229 e. The predicted molar refractivity (Wildman–Crippen MR) is 104 cm³/mol. The Morgan fingerprint density at radius 2 is 1.73 bits per heavy atom. The molecule has 0 unspecified atom stereocenters. The molecule has 1 heterocycles. The van der Waals surface area contributed by atoms with E-state index in [0.29, 0.717) is 11.6 Å². The zero-order chi connectivity index (χ0) is 18.1. The van der Waals surface area contributed by atoms with Crippen molar-refractivity contribution in [3.05, 3.63) is 71.8 Å². The molecule has 0 spiro atoms. The van der Waals surface area contributed by atoms with E-state index >= 15 is 0 Å². The largest absolute Gasteiger partial charge is 0.326 e. The summed E-state index contributed by atoms with van der Waals surface area (Å²) >= 11 is 5.90. The van der Waals surface area contributed by atoms with Crippen molar-refractivity contribution in [1.29, 1.82) is 0 Å². The van der Waals surface area contributed by atoms with Crippen molar-refractivity contribution in [1.82, 2.24) is 0 Å². The maximum atomic E-state index is 12.6. The molecule has 1 atom stereocenters. The van der Waals surface area contributed by atoms with Crippen LogP contribution in [0.3, 0.4) is 0 Å². The third-order valence-electron chi connectivity index (χ3n) is 4.65. The van der Waals surface area contributed by atoms with Gasteiger partial charge in [-0.05, 0) is 47.2 Å².